The number of hydrogen-bond donors (Lipinski definition) is 1. The molecule has 0 radical (unpaired) electrons. The number of nitriles is 1. The minimum atomic E-state index is -0.522. The van der Waals surface area contributed by atoms with Crippen LogP contribution in [0.2, 0.25) is 0 Å². The number of halogens is 1. The molecule has 0 fully saturated rings. The second-order valence-corrected chi connectivity index (χ2v) is 4.85. The number of hydrogen-bond acceptors (Lipinski definition) is 4. The van der Waals surface area contributed by atoms with E-state index in [4.69, 9.17) is 5.26 Å². The van der Waals surface area contributed by atoms with E-state index in [1.807, 2.05) is 18.2 Å². The van der Waals surface area contributed by atoms with Gasteiger partial charge >= 0.3 is 0 Å². The van der Waals surface area contributed by atoms with Crippen LogP contribution in [0.15, 0.2) is 41.9 Å². The number of nitrogens with zero attached hydrogens (tertiary/aromatic N) is 2. The van der Waals surface area contributed by atoms with Crippen molar-refractivity contribution < 1.29 is 4.39 Å². The van der Waals surface area contributed by atoms with Crippen LogP contribution in [0.4, 0.5) is 15.8 Å². The summed E-state index contributed by atoms with van der Waals surface area (Å²) in [6, 6.07) is 12.0. The smallest absolute Gasteiger partial charge is 0.143 e. The molecule has 0 aliphatic carbocycles. The molecule has 19 heavy (non-hydrogen) atoms. The van der Waals surface area contributed by atoms with E-state index < -0.39 is 5.82 Å². The molecular weight excluding hydrogens is 261 g/mol. The molecule has 3 nitrogen and oxygen atoms in total. The molecule has 0 amide bonds. The monoisotopic (exact) mass is 269 g/mol. The van der Waals surface area contributed by atoms with Crippen molar-refractivity contribution in [3.8, 4) is 6.07 Å². The molecule has 2 aromatic carbocycles. The highest BCUT2D eigenvalue weighted by Crippen LogP contribution is 2.25. The molecule has 1 heterocycles. The lowest BCUT2D eigenvalue weighted by Gasteiger charge is -2.06. The van der Waals surface area contributed by atoms with Gasteiger partial charge in [0.25, 0.3) is 0 Å². The van der Waals surface area contributed by atoms with Crippen LogP contribution in [0.3, 0.4) is 0 Å². The average molecular weight is 269 g/mol. The van der Waals surface area contributed by atoms with Crippen molar-refractivity contribution in [1.29, 1.82) is 5.26 Å². The van der Waals surface area contributed by atoms with Crippen LogP contribution in [-0.4, -0.2) is 4.98 Å². The maximum absolute atomic E-state index is 13.5. The standard InChI is InChI=1S/C14H8FN3S/c15-12-5-10(2-1-9(12)7-16)18-11-3-4-13-14(6-11)19-8-17-13/h1-6,8,18H. The number of thiazole rings is 1. The molecule has 0 saturated heterocycles. The molecule has 1 N–H and O–H groups in total. The molecular formula is C14H8FN3S. The molecule has 5 heteroatoms. The number of fused-ring (bicyclic) bond motifs is 1. The molecule has 0 aliphatic rings. The van der Waals surface area contributed by atoms with E-state index in [2.05, 4.69) is 10.3 Å². The molecule has 92 valence electrons. The molecule has 0 aliphatic heterocycles. The van der Waals surface area contributed by atoms with Gasteiger partial charge in [0.1, 0.15) is 11.9 Å². The van der Waals surface area contributed by atoms with Gasteiger partial charge in [-0.2, -0.15) is 5.26 Å². The zero-order valence-corrected chi connectivity index (χ0v) is 10.5. The summed E-state index contributed by atoms with van der Waals surface area (Å²) in [5, 5.41) is 11.8. The molecule has 0 spiro atoms. The first-order valence-corrected chi connectivity index (χ1v) is 6.44. The Kier molecular flexibility index (Phi) is 2.86. The number of benzene rings is 2. The molecule has 0 saturated carbocycles. The van der Waals surface area contributed by atoms with E-state index in [-0.39, 0.29) is 5.56 Å². The van der Waals surface area contributed by atoms with Crippen LogP contribution in [0.1, 0.15) is 5.56 Å². The number of anilines is 2. The van der Waals surface area contributed by atoms with E-state index in [0.717, 1.165) is 15.9 Å². The summed E-state index contributed by atoms with van der Waals surface area (Å²) in [5.41, 5.74) is 4.25. The van der Waals surface area contributed by atoms with Gasteiger partial charge in [0.2, 0.25) is 0 Å². The summed E-state index contributed by atoms with van der Waals surface area (Å²) < 4.78 is 14.6. The highest BCUT2D eigenvalue weighted by molar-refractivity contribution is 7.16. The molecule has 1 aromatic heterocycles. The van der Waals surface area contributed by atoms with Gasteiger partial charge < -0.3 is 5.32 Å². The minimum absolute atomic E-state index is 0.0449. The third-order valence-corrected chi connectivity index (χ3v) is 3.50. The zero-order valence-electron chi connectivity index (χ0n) is 9.72. The predicted molar refractivity (Wildman–Crippen MR) is 74.0 cm³/mol. The first-order valence-electron chi connectivity index (χ1n) is 5.56. The lowest BCUT2D eigenvalue weighted by atomic mass is 10.2. The maximum atomic E-state index is 13.5. The Bertz CT molecular complexity index is 789. The second-order valence-electron chi connectivity index (χ2n) is 3.97. The summed E-state index contributed by atoms with van der Waals surface area (Å²) in [6.07, 6.45) is 0. The Morgan fingerprint density at radius 1 is 1.16 bits per heavy atom. The molecule has 3 aromatic rings. The van der Waals surface area contributed by atoms with Gasteiger partial charge in [-0.1, -0.05) is 0 Å². The summed E-state index contributed by atoms with van der Waals surface area (Å²) >= 11 is 1.55. The van der Waals surface area contributed by atoms with Gasteiger partial charge in [0.05, 0.1) is 21.3 Å². The van der Waals surface area contributed by atoms with Crippen molar-refractivity contribution in [2.24, 2.45) is 0 Å². The van der Waals surface area contributed by atoms with Gasteiger partial charge in [-0.3, -0.25) is 0 Å². The molecule has 0 atom stereocenters. The quantitative estimate of drug-likeness (QED) is 0.763. The number of aromatic nitrogens is 1. The van der Waals surface area contributed by atoms with Gasteiger partial charge in [-0.15, -0.1) is 11.3 Å². The Labute approximate surface area is 113 Å². The largest absolute Gasteiger partial charge is 0.355 e. The fraction of sp³-hybridized carbons (Fsp3) is 0. The third kappa shape index (κ3) is 2.26. The van der Waals surface area contributed by atoms with Crippen molar-refractivity contribution in [2.75, 3.05) is 5.32 Å². The third-order valence-electron chi connectivity index (χ3n) is 2.71. The van der Waals surface area contributed by atoms with Gasteiger partial charge in [-0.05, 0) is 36.4 Å². The Morgan fingerprint density at radius 3 is 2.74 bits per heavy atom. The number of nitrogens with one attached hydrogen (secondary N) is 1. The molecule has 3 rings (SSSR count). The minimum Gasteiger partial charge on any atom is -0.355 e. The van der Waals surface area contributed by atoms with Gasteiger partial charge in [0, 0.05) is 11.4 Å². The van der Waals surface area contributed by atoms with Crippen molar-refractivity contribution in [1.82, 2.24) is 4.98 Å². The van der Waals surface area contributed by atoms with Crippen molar-refractivity contribution in [3.63, 3.8) is 0 Å². The maximum Gasteiger partial charge on any atom is 0.143 e. The lowest BCUT2D eigenvalue weighted by Crippen LogP contribution is -1.92. The lowest BCUT2D eigenvalue weighted by molar-refractivity contribution is 0.624. The van der Waals surface area contributed by atoms with E-state index >= 15 is 0 Å². The molecule has 0 bridgehead atoms. The summed E-state index contributed by atoms with van der Waals surface area (Å²) in [5.74, 6) is -0.522. The van der Waals surface area contributed by atoms with Crippen LogP contribution in [0.5, 0.6) is 0 Å². The topological polar surface area (TPSA) is 48.7 Å². The van der Waals surface area contributed by atoms with E-state index in [1.54, 1.807) is 29.0 Å². The second kappa shape index (κ2) is 4.67. The van der Waals surface area contributed by atoms with Gasteiger partial charge in [-0.25, -0.2) is 9.37 Å². The summed E-state index contributed by atoms with van der Waals surface area (Å²) in [4.78, 5) is 4.20. The van der Waals surface area contributed by atoms with Crippen molar-refractivity contribution in [2.45, 2.75) is 0 Å². The Morgan fingerprint density at radius 2 is 1.95 bits per heavy atom. The predicted octanol–water partition coefficient (Wildman–Crippen LogP) is 4.05. The first-order chi connectivity index (χ1) is 9.26. The van der Waals surface area contributed by atoms with Crippen molar-refractivity contribution >= 4 is 32.9 Å². The van der Waals surface area contributed by atoms with Crippen LogP contribution >= 0.6 is 11.3 Å². The summed E-state index contributed by atoms with van der Waals surface area (Å²) in [7, 11) is 0. The molecule has 0 unspecified atom stereocenters. The Balaban J connectivity index is 1.92. The van der Waals surface area contributed by atoms with E-state index in [0.29, 0.717) is 5.69 Å². The highest BCUT2D eigenvalue weighted by Gasteiger charge is 2.04. The number of rotatable bonds is 2. The van der Waals surface area contributed by atoms with Crippen LogP contribution < -0.4 is 5.32 Å². The van der Waals surface area contributed by atoms with Crippen LogP contribution in [0.25, 0.3) is 10.2 Å². The summed E-state index contributed by atoms with van der Waals surface area (Å²) in [6.45, 7) is 0. The van der Waals surface area contributed by atoms with Crippen molar-refractivity contribution in [3.05, 3.63) is 53.3 Å². The van der Waals surface area contributed by atoms with Gasteiger partial charge in [0.15, 0.2) is 0 Å². The van der Waals surface area contributed by atoms with Crippen LogP contribution in [0, 0.1) is 17.1 Å². The average Bonchev–Trinajstić information content (AvgIpc) is 2.86. The Hall–Kier alpha value is -2.45. The van der Waals surface area contributed by atoms with E-state index in [9.17, 15) is 4.39 Å². The fourth-order valence-corrected chi connectivity index (χ4v) is 2.50. The SMILES string of the molecule is N#Cc1ccc(Nc2ccc3ncsc3c2)cc1F. The first kappa shape index (κ1) is 11.6. The highest BCUT2D eigenvalue weighted by atomic mass is 32.1. The normalized spacial score (nSPS) is 10.3. The zero-order chi connectivity index (χ0) is 13.2. The van der Waals surface area contributed by atoms with E-state index in [1.165, 1.54) is 12.1 Å². The van der Waals surface area contributed by atoms with Crippen LogP contribution in [-0.2, 0) is 0 Å². The fourth-order valence-electron chi connectivity index (χ4n) is 1.78.